The fraction of sp³-hybridized carbons (Fsp3) is 0.389. The lowest BCUT2D eigenvalue weighted by molar-refractivity contribution is -0.121. The Labute approximate surface area is 150 Å². The summed E-state index contributed by atoms with van der Waals surface area (Å²) in [5.41, 5.74) is 2.25. The van der Waals surface area contributed by atoms with E-state index < -0.39 is 0 Å². The number of carbonyl (C=O) groups excluding carboxylic acids is 1. The van der Waals surface area contributed by atoms with E-state index in [4.69, 9.17) is 4.74 Å². The first-order valence-corrected chi connectivity index (χ1v) is 9.44. The van der Waals surface area contributed by atoms with Crippen molar-refractivity contribution < 1.29 is 9.53 Å². The van der Waals surface area contributed by atoms with Crippen LogP contribution in [0, 0.1) is 6.92 Å². The number of amides is 1. The molecule has 0 spiro atoms. The van der Waals surface area contributed by atoms with Crippen LogP contribution in [0.1, 0.15) is 23.2 Å². The Bertz CT molecular complexity index is 810. The van der Waals surface area contributed by atoms with Crippen molar-refractivity contribution in [1.82, 2.24) is 15.3 Å². The Kier molecular flexibility index (Phi) is 5.43. The number of carbonyl (C=O) groups is 1. The fourth-order valence-corrected chi connectivity index (χ4v) is 3.32. The number of rotatable bonds is 6. The molecule has 25 heavy (non-hydrogen) atoms. The summed E-state index contributed by atoms with van der Waals surface area (Å²) in [4.78, 5) is 31.2. The molecule has 1 aromatic carbocycles. The molecule has 3 rings (SSSR count). The van der Waals surface area contributed by atoms with Gasteiger partial charge >= 0.3 is 0 Å². The molecule has 0 fully saturated rings. The number of para-hydroxylation sites is 1. The number of benzene rings is 1. The van der Waals surface area contributed by atoms with Crippen LogP contribution in [0.25, 0.3) is 0 Å². The molecular formula is C18H21N3O3S. The smallest absolute Gasteiger partial charge is 0.254 e. The van der Waals surface area contributed by atoms with Gasteiger partial charge in [0.25, 0.3) is 5.56 Å². The summed E-state index contributed by atoms with van der Waals surface area (Å²) in [5.74, 6) is 0.802. The van der Waals surface area contributed by atoms with Crippen LogP contribution in [0.3, 0.4) is 0 Å². The topological polar surface area (TPSA) is 84.1 Å². The second-order valence-electron chi connectivity index (χ2n) is 5.99. The number of H-pyrrole nitrogens is 1. The number of ether oxygens (including phenoxy) is 1. The molecule has 2 N–H and O–H groups in total. The van der Waals surface area contributed by atoms with Crippen LogP contribution in [-0.2, 0) is 17.6 Å². The maximum Gasteiger partial charge on any atom is 0.254 e. The van der Waals surface area contributed by atoms with Crippen LogP contribution >= 0.6 is 11.8 Å². The molecule has 1 unspecified atom stereocenters. The molecule has 2 aromatic rings. The van der Waals surface area contributed by atoms with Crippen molar-refractivity contribution in [2.45, 2.75) is 37.4 Å². The third-order valence-corrected chi connectivity index (χ3v) is 4.82. The molecule has 1 aromatic heterocycles. The monoisotopic (exact) mass is 359 g/mol. The van der Waals surface area contributed by atoms with E-state index in [1.54, 1.807) is 6.92 Å². The van der Waals surface area contributed by atoms with Gasteiger partial charge < -0.3 is 15.0 Å². The largest absolute Gasteiger partial charge is 0.488 e. The number of hydrogen-bond acceptors (Lipinski definition) is 5. The molecule has 0 aliphatic carbocycles. The Balaban J connectivity index is 1.49. The highest BCUT2D eigenvalue weighted by Crippen LogP contribution is 2.27. The Morgan fingerprint density at radius 2 is 2.24 bits per heavy atom. The second-order valence-corrected chi connectivity index (χ2v) is 6.79. The first kappa shape index (κ1) is 17.5. The van der Waals surface area contributed by atoms with E-state index in [0.29, 0.717) is 29.4 Å². The van der Waals surface area contributed by atoms with E-state index in [-0.39, 0.29) is 24.0 Å². The lowest BCUT2D eigenvalue weighted by Crippen LogP contribution is -2.34. The number of nitrogens with one attached hydrogen (secondary N) is 2. The van der Waals surface area contributed by atoms with Crippen molar-refractivity contribution in [2.75, 3.05) is 12.8 Å². The number of thioether (sulfide) groups is 1. The summed E-state index contributed by atoms with van der Waals surface area (Å²) < 4.78 is 5.80. The van der Waals surface area contributed by atoms with Gasteiger partial charge in [-0.1, -0.05) is 30.0 Å². The highest BCUT2D eigenvalue weighted by atomic mass is 32.2. The van der Waals surface area contributed by atoms with Crippen LogP contribution in [0.2, 0.25) is 0 Å². The first-order valence-electron chi connectivity index (χ1n) is 8.22. The lowest BCUT2D eigenvalue weighted by Gasteiger charge is -2.12. The summed E-state index contributed by atoms with van der Waals surface area (Å²) in [6, 6.07) is 7.91. The summed E-state index contributed by atoms with van der Waals surface area (Å²) in [5, 5.41) is 3.48. The van der Waals surface area contributed by atoms with Crippen LogP contribution in [0.15, 0.2) is 34.2 Å². The standard InChI is InChI=1S/C18H21N3O3S/c1-11-14(17(23)21-18(20-11)25-2)7-8-16(22)19-10-13-9-12-5-3-4-6-15(12)24-13/h3-6,13H,7-10H2,1-2H3,(H,19,22)(H,20,21,23). The molecule has 1 amide bonds. The normalized spacial score (nSPS) is 15.5. The molecule has 0 saturated carbocycles. The minimum Gasteiger partial charge on any atom is -0.488 e. The van der Waals surface area contributed by atoms with E-state index in [2.05, 4.69) is 15.3 Å². The molecule has 0 saturated heterocycles. The van der Waals surface area contributed by atoms with Gasteiger partial charge in [-0.2, -0.15) is 0 Å². The SMILES string of the molecule is CSc1nc(C)c(CCC(=O)NCC2Cc3ccccc3O2)c(=O)[nH]1. The third-order valence-electron chi connectivity index (χ3n) is 4.24. The summed E-state index contributed by atoms with van der Waals surface area (Å²) >= 11 is 1.39. The molecule has 132 valence electrons. The van der Waals surface area contributed by atoms with E-state index in [0.717, 1.165) is 12.2 Å². The van der Waals surface area contributed by atoms with Gasteiger partial charge in [0, 0.05) is 24.1 Å². The summed E-state index contributed by atoms with van der Waals surface area (Å²) in [7, 11) is 0. The Morgan fingerprint density at radius 3 is 2.96 bits per heavy atom. The van der Waals surface area contributed by atoms with Crippen molar-refractivity contribution in [3.8, 4) is 5.75 Å². The minimum atomic E-state index is -0.167. The third kappa shape index (κ3) is 4.22. The average Bonchev–Trinajstić information content (AvgIpc) is 3.02. The van der Waals surface area contributed by atoms with E-state index >= 15 is 0 Å². The Hall–Kier alpha value is -2.28. The lowest BCUT2D eigenvalue weighted by atomic mass is 10.1. The number of aryl methyl sites for hydroxylation is 1. The second kappa shape index (κ2) is 7.74. The van der Waals surface area contributed by atoms with Crippen molar-refractivity contribution in [1.29, 1.82) is 0 Å². The number of aromatic amines is 1. The first-order chi connectivity index (χ1) is 12.1. The van der Waals surface area contributed by atoms with Gasteiger partial charge in [-0.3, -0.25) is 9.59 Å². The van der Waals surface area contributed by atoms with Crippen molar-refractivity contribution in [3.05, 3.63) is 51.4 Å². The van der Waals surface area contributed by atoms with E-state index in [1.165, 1.54) is 17.3 Å². The zero-order chi connectivity index (χ0) is 17.8. The Morgan fingerprint density at radius 1 is 1.44 bits per heavy atom. The quantitative estimate of drug-likeness (QED) is 0.607. The molecule has 0 bridgehead atoms. The number of aromatic nitrogens is 2. The molecule has 1 aliphatic rings. The average molecular weight is 359 g/mol. The van der Waals surface area contributed by atoms with Crippen LogP contribution in [0.4, 0.5) is 0 Å². The van der Waals surface area contributed by atoms with Gasteiger partial charge in [-0.05, 0) is 31.2 Å². The number of hydrogen-bond donors (Lipinski definition) is 2. The highest BCUT2D eigenvalue weighted by molar-refractivity contribution is 7.98. The minimum absolute atomic E-state index is 0.0333. The number of fused-ring (bicyclic) bond motifs is 1. The summed E-state index contributed by atoms with van der Waals surface area (Å²) in [6.45, 7) is 2.26. The highest BCUT2D eigenvalue weighted by Gasteiger charge is 2.22. The predicted octanol–water partition coefficient (Wildman–Crippen LogP) is 1.85. The van der Waals surface area contributed by atoms with Gasteiger partial charge in [0.05, 0.1) is 6.54 Å². The van der Waals surface area contributed by atoms with Gasteiger partial charge in [-0.25, -0.2) is 4.98 Å². The zero-order valence-electron chi connectivity index (χ0n) is 14.3. The predicted molar refractivity (Wildman–Crippen MR) is 97.3 cm³/mol. The molecule has 2 heterocycles. The fourth-order valence-electron chi connectivity index (χ4n) is 2.90. The van der Waals surface area contributed by atoms with Crippen molar-refractivity contribution in [3.63, 3.8) is 0 Å². The van der Waals surface area contributed by atoms with Crippen LogP contribution < -0.4 is 15.6 Å². The van der Waals surface area contributed by atoms with E-state index in [1.807, 2.05) is 30.5 Å². The molecule has 1 aliphatic heterocycles. The molecule has 6 nitrogen and oxygen atoms in total. The molecule has 1 atom stereocenters. The van der Waals surface area contributed by atoms with E-state index in [9.17, 15) is 9.59 Å². The zero-order valence-corrected chi connectivity index (χ0v) is 15.1. The summed E-state index contributed by atoms with van der Waals surface area (Å²) in [6.07, 6.45) is 3.25. The van der Waals surface area contributed by atoms with Crippen molar-refractivity contribution in [2.24, 2.45) is 0 Å². The number of nitrogens with zero attached hydrogens (tertiary/aromatic N) is 1. The molecule has 0 radical (unpaired) electrons. The van der Waals surface area contributed by atoms with Crippen LogP contribution in [0.5, 0.6) is 5.75 Å². The van der Waals surface area contributed by atoms with Gasteiger partial charge in [-0.15, -0.1) is 0 Å². The maximum atomic E-state index is 12.1. The van der Waals surface area contributed by atoms with Gasteiger partial charge in [0.15, 0.2) is 5.16 Å². The molecule has 7 heteroatoms. The molecular weight excluding hydrogens is 338 g/mol. The van der Waals surface area contributed by atoms with Crippen LogP contribution in [-0.4, -0.2) is 34.8 Å². The van der Waals surface area contributed by atoms with Crippen molar-refractivity contribution >= 4 is 17.7 Å². The van der Waals surface area contributed by atoms with Gasteiger partial charge in [0.1, 0.15) is 11.9 Å². The van der Waals surface area contributed by atoms with Gasteiger partial charge in [0.2, 0.25) is 5.91 Å². The maximum absolute atomic E-state index is 12.1.